The van der Waals surface area contributed by atoms with Crippen molar-refractivity contribution in [2.45, 2.75) is 20.4 Å². The second-order valence-electron chi connectivity index (χ2n) is 6.12. The Hall–Kier alpha value is -2.51. The largest absolute Gasteiger partial charge is 0.351 e. The summed E-state index contributed by atoms with van der Waals surface area (Å²) in [5.74, 6) is 0.625. The highest BCUT2D eigenvalue weighted by atomic mass is 32.1. The van der Waals surface area contributed by atoms with E-state index in [-0.39, 0.29) is 11.5 Å². The van der Waals surface area contributed by atoms with Gasteiger partial charge < -0.3 is 15.2 Å². The molecule has 3 aromatic rings. The fourth-order valence-electron chi connectivity index (χ4n) is 2.94. The fraction of sp³-hybridized carbons (Fsp3) is 0.316. The molecule has 26 heavy (non-hydrogen) atoms. The van der Waals surface area contributed by atoms with Crippen LogP contribution in [-0.4, -0.2) is 35.5 Å². The third-order valence-corrected chi connectivity index (χ3v) is 5.15. The molecule has 0 aliphatic carbocycles. The van der Waals surface area contributed by atoms with Crippen LogP contribution in [-0.2, 0) is 11.3 Å². The first-order chi connectivity index (χ1) is 12.6. The number of carbonyl (C=O) groups is 1. The molecule has 0 aliphatic rings. The first kappa shape index (κ1) is 18.3. The fourth-order valence-corrected chi connectivity index (χ4v) is 3.91. The van der Waals surface area contributed by atoms with Crippen LogP contribution in [0.1, 0.15) is 19.7 Å². The van der Waals surface area contributed by atoms with Gasteiger partial charge in [-0.3, -0.25) is 9.59 Å². The molecule has 6 nitrogen and oxygen atoms in total. The van der Waals surface area contributed by atoms with Crippen molar-refractivity contribution < 1.29 is 9.69 Å². The third kappa shape index (κ3) is 4.00. The van der Waals surface area contributed by atoms with E-state index in [1.54, 1.807) is 0 Å². The Morgan fingerprint density at radius 1 is 1.27 bits per heavy atom. The number of fused-ring (bicyclic) bond motifs is 1. The number of benzene rings is 1. The summed E-state index contributed by atoms with van der Waals surface area (Å²) in [4.78, 5) is 33.8. The minimum absolute atomic E-state index is 0.00950. The number of aromatic amines is 1. The molecule has 0 saturated heterocycles. The monoisotopic (exact) mass is 371 g/mol. The number of quaternary nitrogens is 1. The molecule has 1 amide bonds. The van der Waals surface area contributed by atoms with Crippen LogP contribution >= 0.6 is 11.3 Å². The Balaban J connectivity index is 1.88. The molecular formula is C19H23N4O2S+. The van der Waals surface area contributed by atoms with E-state index in [1.165, 1.54) is 11.3 Å². The second-order valence-corrected chi connectivity index (χ2v) is 6.98. The predicted octanol–water partition coefficient (Wildman–Crippen LogP) is 1.19. The van der Waals surface area contributed by atoms with E-state index in [1.807, 2.05) is 49.6 Å². The first-order valence-electron chi connectivity index (χ1n) is 8.78. The van der Waals surface area contributed by atoms with Crippen LogP contribution in [0.25, 0.3) is 21.3 Å². The Kier molecular flexibility index (Phi) is 5.80. The van der Waals surface area contributed by atoms with Gasteiger partial charge in [-0.1, -0.05) is 30.3 Å². The van der Waals surface area contributed by atoms with Gasteiger partial charge in [0.05, 0.1) is 11.9 Å². The molecular weight excluding hydrogens is 348 g/mol. The molecule has 0 radical (unpaired) electrons. The van der Waals surface area contributed by atoms with Gasteiger partial charge in [0.1, 0.15) is 11.4 Å². The number of rotatable bonds is 7. The van der Waals surface area contributed by atoms with Crippen molar-refractivity contribution in [2.75, 3.05) is 19.6 Å². The van der Waals surface area contributed by atoms with Gasteiger partial charge in [0, 0.05) is 17.5 Å². The Morgan fingerprint density at radius 2 is 2.04 bits per heavy atom. The number of carbonyl (C=O) groups excluding carboxylic acids is 1. The molecule has 3 N–H and O–H groups in total. The minimum Gasteiger partial charge on any atom is -0.351 e. The zero-order valence-electron chi connectivity index (χ0n) is 15.0. The molecule has 3 rings (SSSR count). The Morgan fingerprint density at radius 3 is 2.73 bits per heavy atom. The highest BCUT2D eigenvalue weighted by Crippen LogP contribution is 2.30. The van der Waals surface area contributed by atoms with Gasteiger partial charge in [-0.2, -0.15) is 0 Å². The maximum atomic E-state index is 12.7. The highest BCUT2D eigenvalue weighted by Gasteiger charge is 2.17. The Bertz CT molecular complexity index is 949. The van der Waals surface area contributed by atoms with Crippen molar-refractivity contribution in [3.63, 3.8) is 0 Å². The summed E-state index contributed by atoms with van der Waals surface area (Å²) in [5.41, 5.74) is 1.79. The summed E-state index contributed by atoms with van der Waals surface area (Å²) in [6.45, 7) is 6.19. The number of hydrogen-bond acceptors (Lipinski definition) is 4. The summed E-state index contributed by atoms with van der Waals surface area (Å²) in [7, 11) is 0. The van der Waals surface area contributed by atoms with E-state index in [4.69, 9.17) is 0 Å². The number of aromatic nitrogens is 2. The van der Waals surface area contributed by atoms with Crippen molar-refractivity contribution in [1.29, 1.82) is 0 Å². The van der Waals surface area contributed by atoms with Crippen LogP contribution in [0.5, 0.6) is 0 Å². The zero-order valence-corrected chi connectivity index (χ0v) is 15.8. The molecule has 1 aromatic carbocycles. The first-order valence-corrected chi connectivity index (χ1v) is 9.66. The molecule has 136 valence electrons. The normalized spacial score (nSPS) is 12.2. The van der Waals surface area contributed by atoms with E-state index in [0.717, 1.165) is 27.4 Å². The smallest absolute Gasteiger partial charge is 0.275 e. The lowest BCUT2D eigenvalue weighted by Gasteiger charge is -2.16. The molecule has 2 aromatic heterocycles. The quantitative estimate of drug-likeness (QED) is 0.584. The van der Waals surface area contributed by atoms with E-state index < -0.39 is 0 Å². The summed E-state index contributed by atoms with van der Waals surface area (Å²) < 4.78 is 0. The maximum absolute atomic E-state index is 12.7. The van der Waals surface area contributed by atoms with E-state index in [2.05, 4.69) is 15.3 Å². The van der Waals surface area contributed by atoms with Gasteiger partial charge in [0.25, 0.3) is 11.5 Å². The lowest BCUT2D eigenvalue weighted by molar-refractivity contribution is -0.904. The number of nitrogens with one attached hydrogen (secondary N) is 3. The van der Waals surface area contributed by atoms with Crippen molar-refractivity contribution >= 4 is 27.5 Å². The van der Waals surface area contributed by atoms with Crippen LogP contribution in [0.2, 0.25) is 0 Å². The van der Waals surface area contributed by atoms with Crippen molar-refractivity contribution in [3.8, 4) is 11.1 Å². The molecule has 0 saturated carbocycles. The third-order valence-electron chi connectivity index (χ3n) is 4.28. The zero-order chi connectivity index (χ0) is 18.5. The topological polar surface area (TPSA) is 79.3 Å². The molecule has 0 fully saturated rings. The second kappa shape index (κ2) is 8.25. The molecule has 0 aliphatic heterocycles. The molecule has 1 unspecified atom stereocenters. The van der Waals surface area contributed by atoms with Crippen LogP contribution < -0.4 is 15.8 Å². The molecule has 0 spiro atoms. The van der Waals surface area contributed by atoms with Gasteiger partial charge in [0.15, 0.2) is 12.4 Å². The van der Waals surface area contributed by atoms with Gasteiger partial charge in [-0.25, -0.2) is 4.98 Å². The average molecular weight is 371 g/mol. The number of thiophene rings is 1. The lowest BCUT2D eigenvalue weighted by Crippen LogP contribution is -3.11. The molecule has 0 bridgehead atoms. The maximum Gasteiger partial charge on any atom is 0.275 e. The number of nitrogens with zero attached hydrogens (tertiary/aromatic N) is 1. The number of H-pyrrole nitrogens is 1. The number of hydrogen-bond donors (Lipinski definition) is 3. The predicted molar refractivity (Wildman–Crippen MR) is 104 cm³/mol. The number of amides is 1. The van der Waals surface area contributed by atoms with Crippen molar-refractivity contribution in [3.05, 3.63) is 51.9 Å². The SMILES string of the molecule is CCNC(=O)C[NH+](CC)Cc1nc2scc(-c3ccccc3)c2c(=O)[nH]1. The van der Waals surface area contributed by atoms with Crippen LogP contribution in [0.4, 0.5) is 0 Å². The molecule has 2 heterocycles. The van der Waals surface area contributed by atoms with Gasteiger partial charge in [-0.15, -0.1) is 11.3 Å². The number of likely N-dealkylation sites (N-methyl/N-ethyl adjacent to an activating group) is 2. The standard InChI is InChI=1S/C19H22N4O2S/c1-3-20-16(24)11-23(4-2)10-15-21-18(25)17-14(12-26-19(17)22-15)13-8-6-5-7-9-13/h5-9,12H,3-4,10-11H2,1-2H3,(H,20,24)(H,21,22,25)/p+1. The lowest BCUT2D eigenvalue weighted by atomic mass is 10.1. The van der Waals surface area contributed by atoms with E-state index >= 15 is 0 Å². The average Bonchev–Trinajstić information content (AvgIpc) is 3.06. The van der Waals surface area contributed by atoms with Gasteiger partial charge in [-0.05, 0) is 19.4 Å². The van der Waals surface area contributed by atoms with E-state index in [9.17, 15) is 9.59 Å². The van der Waals surface area contributed by atoms with Crippen molar-refractivity contribution in [2.24, 2.45) is 0 Å². The van der Waals surface area contributed by atoms with Gasteiger partial charge in [0.2, 0.25) is 0 Å². The van der Waals surface area contributed by atoms with Crippen LogP contribution in [0, 0.1) is 0 Å². The van der Waals surface area contributed by atoms with Gasteiger partial charge >= 0.3 is 0 Å². The summed E-state index contributed by atoms with van der Waals surface area (Å²) in [6, 6.07) is 9.85. The summed E-state index contributed by atoms with van der Waals surface area (Å²) in [5, 5.41) is 5.42. The van der Waals surface area contributed by atoms with Crippen LogP contribution in [0.15, 0.2) is 40.5 Å². The Labute approximate surface area is 155 Å². The van der Waals surface area contributed by atoms with E-state index in [0.29, 0.717) is 30.8 Å². The van der Waals surface area contributed by atoms with Crippen molar-refractivity contribution in [1.82, 2.24) is 15.3 Å². The minimum atomic E-state index is -0.126. The van der Waals surface area contributed by atoms with Crippen LogP contribution in [0.3, 0.4) is 0 Å². The molecule has 7 heteroatoms. The molecule has 1 atom stereocenters. The highest BCUT2D eigenvalue weighted by molar-refractivity contribution is 7.17. The summed E-state index contributed by atoms with van der Waals surface area (Å²) in [6.07, 6.45) is 0. The summed E-state index contributed by atoms with van der Waals surface area (Å²) >= 11 is 1.47.